The van der Waals surface area contributed by atoms with Gasteiger partial charge >= 0.3 is 5.97 Å². The van der Waals surface area contributed by atoms with Gasteiger partial charge in [0.2, 0.25) is 0 Å². The molecule has 1 aliphatic heterocycles. The van der Waals surface area contributed by atoms with Gasteiger partial charge in [-0.3, -0.25) is 9.36 Å². The third kappa shape index (κ3) is 7.41. The molecule has 2 heterocycles. The van der Waals surface area contributed by atoms with Gasteiger partial charge in [-0.25, -0.2) is 9.79 Å². The van der Waals surface area contributed by atoms with Crippen molar-refractivity contribution in [3.05, 3.63) is 151 Å². The molecule has 1 aromatic heterocycles. The van der Waals surface area contributed by atoms with E-state index in [9.17, 15) is 9.59 Å². The first-order chi connectivity index (χ1) is 22.8. The lowest BCUT2D eigenvalue weighted by Crippen LogP contribution is -2.40. The fourth-order valence-electron chi connectivity index (χ4n) is 5.23. The predicted molar refractivity (Wildman–Crippen MR) is 207 cm³/mol. The molecular formula is C36H27ClI2N2O4S2. The topological polar surface area (TPSA) is 69.9 Å². The molecule has 0 saturated carbocycles. The lowest BCUT2D eigenvalue weighted by atomic mass is 9.93. The number of aromatic nitrogens is 1. The van der Waals surface area contributed by atoms with Crippen LogP contribution in [0.1, 0.15) is 35.2 Å². The van der Waals surface area contributed by atoms with Crippen LogP contribution in [-0.4, -0.2) is 23.4 Å². The Bertz CT molecular complexity index is 2140. The lowest BCUT2D eigenvalue weighted by molar-refractivity contribution is -0.138. The first kappa shape index (κ1) is 34.0. The van der Waals surface area contributed by atoms with E-state index < -0.39 is 12.0 Å². The molecule has 5 aromatic rings. The Balaban J connectivity index is 1.47. The van der Waals surface area contributed by atoms with E-state index in [1.807, 2.05) is 103 Å². The summed E-state index contributed by atoms with van der Waals surface area (Å²) in [5.74, 6) is 0.279. The highest BCUT2D eigenvalue weighted by atomic mass is 127. The van der Waals surface area contributed by atoms with Crippen molar-refractivity contribution < 1.29 is 14.3 Å². The van der Waals surface area contributed by atoms with Crippen molar-refractivity contribution in [1.29, 1.82) is 0 Å². The first-order valence-electron chi connectivity index (χ1n) is 14.6. The number of thioether (sulfide) groups is 1. The third-order valence-electron chi connectivity index (χ3n) is 7.42. The highest BCUT2D eigenvalue weighted by Gasteiger charge is 2.35. The monoisotopic (exact) mass is 904 g/mol. The SMILES string of the molecule is CCOC(=O)C1=C(c2ccccc2)N=c2s/c(=C\c3cc(I)c(OCc4ccc(Cl)cc4)c(I)c3)c(=O)n2[C@H]1c1ccc(SC)cc1. The second-order valence-corrected chi connectivity index (χ2v) is 15.1. The number of fused-ring (bicyclic) bond motifs is 1. The van der Waals surface area contributed by atoms with Gasteiger partial charge in [0.25, 0.3) is 5.56 Å². The molecule has 0 amide bonds. The smallest absolute Gasteiger partial charge is 0.338 e. The third-order valence-corrected chi connectivity index (χ3v) is 11.0. The molecule has 0 aliphatic carbocycles. The van der Waals surface area contributed by atoms with Crippen LogP contribution in [0.25, 0.3) is 11.8 Å². The molecule has 0 unspecified atom stereocenters. The summed E-state index contributed by atoms with van der Waals surface area (Å²) in [6, 6.07) is 28.3. The number of nitrogens with zero attached hydrogens (tertiary/aromatic N) is 2. The fourth-order valence-corrected chi connectivity index (χ4v) is 8.89. The Morgan fingerprint density at radius 3 is 2.34 bits per heavy atom. The summed E-state index contributed by atoms with van der Waals surface area (Å²) in [6.07, 6.45) is 3.89. The van der Waals surface area contributed by atoms with Gasteiger partial charge < -0.3 is 9.47 Å². The van der Waals surface area contributed by atoms with E-state index in [4.69, 9.17) is 26.1 Å². The highest BCUT2D eigenvalue weighted by Crippen LogP contribution is 2.36. The molecule has 0 N–H and O–H groups in total. The summed E-state index contributed by atoms with van der Waals surface area (Å²) in [5, 5.41) is 0.681. The van der Waals surface area contributed by atoms with Gasteiger partial charge in [-0.2, -0.15) is 0 Å². The van der Waals surface area contributed by atoms with Gasteiger partial charge in [-0.1, -0.05) is 77.5 Å². The zero-order valence-electron chi connectivity index (χ0n) is 25.2. The van der Waals surface area contributed by atoms with E-state index in [0.29, 0.717) is 32.2 Å². The number of carbonyl (C=O) groups is 1. The number of esters is 1. The molecule has 6 nitrogen and oxygen atoms in total. The summed E-state index contributed by atoms with van der Waals surface area (Å²) in [4.78, 5) is 34.5. The van der Waals surface area contributed by atoms with E-state index >= 15 is 0 Å². The Morgan fingerprint density at radius 2 is 1.70 bits per heavy atom. The van der Waals surface area contributed by atoms with Crippen molar-refractivity contribution >= 4 is 97.6 Å². The van der Waals surface area contributed by atoms with Crippen molar-refractivity contribution in [3.63, 3.8) is 0 Å². The van der Waals surface area contributed by atoms with Crippen LogP contribution >= 0.6 is 79.9 Å². The Morgan fingerprint density at radius 1 is 1.02 bits per heavy atom. The zero-order valence-corrected chi connectivity index (χ0v) is 31.9. The maximum atomic E-state index is 14.3. The number of thiazole rings is 1. The van der Waals surface area contributed by atoms with Gasteiger partial charge in [-0.05, 0) is 118 Å². The van der Waals surface area contributed by atoms with Crippen LogP contribution < -0.4 is 19.6 Å². The fraction of sp³-hybridized carbons (Fsp3) is 0.139. The quantitative estimate of drug-likeness (QED) is 0.0851. The molecule has 238 valence electrons. The van der Waals surface area contributed by atoms with Crippen molar-refractivity contribution in [2.24, 2.45) is 4.99 Å². The van der Waals surface area contributed by atoms with E-state index in [2.05, 4.69) is 45.2 Å². The summed E-state index contributed by atoms with van der Waals surface area (Å²) >= 11 is 13.5. The molecule has 1 aliphatic rings. The maximum absolute atomic E-state index is 14.3. The molecule has 11 heteroatoms. The number of rotatable bonds is 9. The summed E-state index contributed by atoms with van der Waals surface area (Å²) in [7, 11) is 0. The van der Waals surface area contributed by atoms with Gasteiger partial charge in [-0.15, -0.1) is 11.8 Å². The van der Waals surface area contributed by atoms with Crippen molar-refractivity contribution in [1.82, 2.24) is 4.57 Å². The average Bonchev–Trinajstić information content (AvgIpc) is 3.38. The molecular weight excluding hydrogens is 878 g/mol. The van der Waals surface area contributed by atoms with Crippen molar-refractivity contribution in [2.45, 2.75) is 24.5 Å². The summed E-state index contributed by atoms with van der Waals surface area (Å²) in [6.45, 7) is 2.38. The molecule has 0 radical (unpaired) electrons. The Hall–Kier alpha value is -2.91. The number of hydrogen-bond donors (Lipinski definition) is 0. The average molecular weight is 905 g/mol. The normalized spacial score (nSPS) is 14.5. The molecule has 47 heavy (non-hydrogen) atoms. The molecule has 4 aromatic carbocycles. The second-order valence-electron chi connectivity index (χ2n) is 10.4. The van der Waals surface area contributed by atoms with E-state index in [1.54, 1.807) is 23.3 Å². The minimum atomic E-state index is -0.720. The predicted octanol–water partition coefficient (Wildman–Crippen LogP) is 8.10. The highest BCUT2D eigenvalue weighted by molar-refractivity contribution is 14.1. The van der Waals surface area contributed by atoms with Crippen LogP contribution in [-0.2, 0) is 16.1 Å². The van der Waals surface area contributed by atoms with Gasteiger partial charge in [0.05, 0.1) is 35.6 Å². The van der Waals surface area contributed by atoms with Crippen molar-refractivity contribution in [2.75, 3.05) is 12.9 Å². The van der Waals surface area contributed by atoms with Crippen LogP contribution in [0.5, 0.6) is 5.75 Å². The molecule has 0 saturated heterocycles. The number of benzene rings is 4. The minimum absolute atomic E-state index is 0.198. The first-order valence-corrected chi connectivity index (χ1v) is 19.1. The zero-order chi connectivity index (χ0) is 33.1. The molecule has 0 spiro atoms. The van der Waals surface area contributed by atoms with E-state index in [-0.39, 0.29) is 12.2 Å². The number of hydrogen-bond acceptors (Lipinski definition) is 7. The van der Waals surface area contributed by atoms with Crippen LogP contribution in [0.3, 0.4) is 0 Å². The molecule has 6 rings (SSSR count). The summed E-state index contributed by atoms with van der Waals surface area (Å²) < 4.78 is 15.7. The molecule has 0 bridgehead atoms. The Labute approximate surface area is 312 Å². The van der Waals surface area contributed by atoms with Crippen LogP contribution in [0.15, 0.2) is 111 Å². The maximum Gasteiger partial charge on any atom is 0.338 e. The number of carbonyl (C=O) groups excluding carboxylic acids is 1. The standard InChI is InChI=1S/C36H27ClI2N2O4S2/c1-3-44-35(43)30-31(23-7-5-4-6-8-23)40-36-41(32(30)24-11-15-26(46-2)16-12-24)34(42)29(47-36)19-22-17-27(38)33(28(39)18-22)45-20-21-9-13-25(37)14-10-21/h4-19,32H,3,20H2,1-2H3/b29-19-/t32-/m0/s1. The van der Waals surface area contributed by atoms with Crippen LogP contribution in [0.4, 0.5) is 0 Å². The Kier molecular flexibility index (Phi) is 10.9. The second kappa shape index (κ2) is 15.1. The lowest BCUT2D eigenvalue weighted by Gasteiger charge is -2.26. The van der Waals surface area contributed by atoms with Crippen LogP contribution in [0, 0.1) is 7.14 Å². The van der Waals surface area contributed by atoms with Gasteiger partial charge in [0.15, 0.2) is 4.80 Å². The largest absolute Gasteiger partial charge is 0.487 e. The van der Waals surface area contributed by atoms with E-state index in [1.165, 1.54) is 11.3 Å². The van der Waals surface area contributed by atoms with E-state index in [0.717, 1.165) is 40.0 Å². The number of ether oxygens (including phenoxy) is 2. The molecule has 0 fully saturated rings. The molecule has 1 atom stereocenters. The van der Waals surface area contributed by atoms with Crippen molar-refractivity contribution in [3.8, 4) is 5.75 Å². The summed E-state index contributed by atoms with van der Waals surface area (Å²) in [5.41, 5.74) is 4.06. The minimum Gasteiger partial charge on any atom is -0.487 e. The van der Waals surface area contributed by atoms with Gasteiger partial charge in [0, 0.05) is 15.5 Å². The van der Waals surface area contributed by atoms with Gasteiger partial charge in [0.1, 0.15) is 12.4 Å². The van der Waals surface area contributed by atoms with Crippen LogP contribution in [0.2, 0.25) is 5.02 Å². The number of halogens is 3.